The number of hydrogen-bond donors (Lipinski definition) is 1. The van der Waals surface area contributed by atoms with E-state index in [0.717, 1.165) is 21.3 Å². The lowest BCUT2D eigenvalue weighted by atomic mass is 10.1. The Labute approximate surface area is 127 Å². The van der Waals surface area contributed by atoms with Crippen molar-refractivity contribution in [1.82, 2.24) is 4.98 Å². The number of anilines is 1. The van der Waals surface area contributed by atoms with Gasteiger partial charge in [-0.1, -0.05) is 29.5 Å². The number of benzene rings is 2. The van der Waals surface area contributed by atoms with Crippen molar-refractivity contribution in [2.75, 3.05) is 4.72 Å². The summed E-state index contributed by atoms with van der Waals surface area (Å²) >= 11 is 1.32. The topological polar surface area (TPSA) is 59.1 Å². The first kappa shape index (κ1) is 14.0. The summed E-state index contributed by atoms with van der Waals surface area (Å²) in [6.45, 7) is 3.85. The Balaban J connectivity index is 1.96. The van der Waals surface area contributed by atoms with E-state index >= 15 is 0 Å². The van der Waals surface area contributed by atoms with Gasteiger partial charge in [0.2, 0.25) is 0 Å². The molecule has 0 fully saturated rings. The van der Waals surface area contributed by atoms with Crippen molar-refractivity contribution < 1.29 is 8.42 Å². The Morgan fingerprint density at radius 1 is 1.05 bits per heavy atom. The van der Waals surface area contributed by atoms with Gasteiger partial charge in [0.05, 0.1) is 15.1 Å². The van der Waals surface area contributed by atoms with Crippen LogP contribution in [0.3, 0.4) is 0 Å². The van der Waals surface area contributed by atoms with E-state index in [-0.39, 0.29) is 4.90 Å². The van der Waals surface area contributed by atoms with Crippen molar-refractivity contribution in [3.63, 3.8) is 0 Å². The minimum atomic E-state index is -3.60. The summed E-state index contributed by atoms with van der Waals surface area (Å²) in [6, 6.07) is 12.7. The first-order valence-corrected chi connectivity index (χ1v) is 8.71. The lowest BCUT2D eigenvalue weighted by Gasteiger charge is -2.07. The molecule has 2 aromatic carbocycles. The van der Waals surface area contributed by atoms with Crippen LogP contribution in [0.5, 0.6) is 0 Å². The first-order valence-electron chi connectivity index (χ1n) is 6.41. The van der Waals surface area contributed by atoms with Crippen molar-refractivity contribution in [1.29, 1.82) is 0 Å². The first-order chi connectivity index (χ1) is 9.95. The lowest BCUT2D eigenvalue weighted by molar-refractivity contribution is 0.601. The Morgan fingerprint density at radius 2 is 1.81 bits per heavy atom. The maximum atomic E-state index is 12.4. The molecule has 0 atom stereocenters. The van der Waals surface area contributed by atoms with E-state index in [9.17, 15) is 8.42 Å². The van der Waals surface area contributed by atoms with Crippen LogP contribution in [0.4, 0.5) is 5.13 Å². The molecule has 0 bridgehead atoms. The normalized spacial score (nSPS) is 11.7. The summed E-state index contributed by atoms with van der Waals surface area (Å²) in [5.41, 5.74) is 2.80. The molecule has 0 saturated heterocycles. The second-order valence-electron chi connectivity index (χ2n) is 4.84. The molecule has 0 unspecified atom stereocenters. The van der Waals surface area contributed by atoms with Crippen LogP contribution >= 0.6 is 11.3 Å². The zero-order valence-electron chi connectivity index (χ0n) is 11.6. The highest BCUT2D eigenvalue weighted by atomic mass is 32.2. The van der Waals surface area contributed by atoms with Crippen molar-refractivity contribution in [2.24, 2.45) is 0 Å². The summed E-state index contributed by atoms with van der Waals surface area (Å²) in [5.74, 6) is 0. The third-order valence-corrected chi connectivity index (χ3v) is 5.72. The molecule has 1 aromatic heterocycles. The van der Waals surface area contributed by atoms with Crippen molar-refractivity contribution in [2.45, 2.75) is 18.7 Å². The fourth-order valence-corrected chi connectivity index (χ4v) is 4.16. The van der Waals surface area contributed by atoms with E-state index in [4.69, 9.17) is 0 Å². The van der Waals surface area contributed by atoms with Gasteiger partial charge in [0, 0.05) is 0 Å². The number of aromatic nitrogens is 1. The lowest BCUT2D eigenvalue weighted by Crippen LogP contribution is -2.13. The van der Waals surface area contributed by atoms with Crippen LogP contribution in [0.1, 0.15) is 11.1 Å². The van der Waals surface area contributed by atoms with Gasteiger partial charge in [0.25, 0.3) is 10.0 Å². The monoisotopic (exact) mass is 318 g/mol. The number of fused-ring (bicyclic) bond motifs is 1. The van der Waals surface area contributed by atoms with Gasteiger partial charge < -0.3 is 0 Å². The van der Waals surface area contributed by atoms with Gasteiger partial charge in [-0.2, -0.15) is 0 Å². The van der Waals surface area contributed by atoms with Crippen molar-refractivity contribution >= 4 is 36.7 Å². The Hall–Kier alpha value is -1.92. The van der Waals surface area contributed by atoms with Gasteiger partial charge in [-0.15, -0.1) is 0 Å². The van der Waals surface area contributed by atoms with Crippen LogP contribution in [0.2, 0.25) is 0 Å². The van der Waals surface area contributed by atoms with Gasteiger partial charge in [-0.25, -0.2) is 13.4 Å². The van der Waals surface area contributed by atoms with Gasteiger partial charge in [0.1, 0.15) is 0 Å². The van der Waals surface area contributed by atoms with Crippen LogP contribution in [0, 0.1) is 13.8 Å². The molecule has 3 rings (SSSR count). The maximum Gasteiger partial charge on any atom is 0.263 e. The largest absolute Gasteiger partial charge is 0.263 e. The molecule has 1 N–H and O–H groups in total. The summed E-state index contributed by atoms with van der Waals surface area (Å²) < 4.78 is 28.3. The minimum Gasteiger partial charge on any atom is -0.255 e. The molecule has 0 amide bonds. The standard InChI is InChI=1S/C15H14N2O2S2/c1-10-7-8-12(9-11(10)2)21(18,19)17-15-16-13-5-3-4-6-14(13)20-15/h3-9H,1-2H3,(H,16,17). The number of para-hydroxylation sites is 1. The molecule has 0 aliphatic carbocycles. The number of nitrogens with one attached hydrogen (secondary N) is 1. The zero-order valence-corrected chi connectivity index (χ0v) is 13.3. The van der Waals surface area contributed by atoms with E-state index in [1.54, 1.807) is 12.1 Å². The quantitative estimate of drug-likeness (QED) is 0.801. The second-order valence-corrected chi connectivity index (χ2v) is 7.55. The molecule has 0 spiro atoms. The van der Waals surface area contributed by atoms with E-state index in [1.165, 1.54) is 11.3 Å². The SMILES string of the molecule is Cc1ccc(S(=O)(=O)Nc2nc3ccccc3s2)cc1C. The van der Waals surface area contributed by atoms with E-state index in [2.05, 4.69) is 9.71 Å². The van der Waals surface area contributed by atoms with Crippen LogP contribution in [-0.2, 0) is 10.0 Å². The van der Waals surface area contributed by atoms with E-state index in [1.807, 2.05) is 44.2 Å². The molecule has 4 nitrogen and oxygen atoms in total. The smallest absolute Gasteiger partial charge is 0.255 e. The predicted molar refractivity (Wildman–Crippen MR) is 86.3 cm³/mol. The highest BCUT2D eigenvalue weighted by Gasteiger charge is 2.17. The summed E-state index contributed by atoms with van der Waals surface area (Å²) in [7, 11) is -3.60. The van der Waals surface area contributed by atoms with Gasteiger partial charge in [-0.05, 0) is 49.2 Å². The number of hydrogen-bond acceptors (Lipinski definition) is 4. The Kier molecular flexibility index (Phi) is 3.43. The van der Waals surface area contributed by atoms with Crippen LogP contribution in [0.15, 0.2) is 47.4 Å². The maximum absolute atomic E-state index is 12.4. The molecule has 1 heterocycles. The molecule has 21 heavy (non-hydrogen) atoms. The average Bonchev–Trinajstić information content (AvgIpc) is 2.82. The average molecular weight is 318 g/mol. The molecule has 0 saturated carbocycles. The molecule has 0 aliphatic heterocycles. The molecule has 6 heteroatoms. The number of thiazole rings is 1. The molecular weight excluding hydrogens is 304 g/mol. The summed E-state index contributed by atoms with van der Waals surface area (Å²) in [6.07, 6.45) is 0. The number of sulfonamides is 1. The summed E-state index contributed by atoms with van der Waals surface area (Å²) in [4.78, 5) is 4.55. The highest BCUT2D eigenvalue weighted by molar-refractivity contribution is 7.93. The third-order valence-electron chi connectivity index (χ3n) is 3.30. The van der Waals surface area contributed by atoms with Gasteiger partial charge >= 0.3 is 0 Å². The third kappa shape index (κ3) is 2.77. The van der Waals surface area contributed by atoms with Crippen molar-refractivity contribution in [3.05, 3.63) is 53.6 Å². The number of rotatable bonds is 3. The van der Waals surface area contributed by atoms with Gasteiger partial charge in [0.15, 0.2) is 5.13 Å². The fraction of sp³-hybridized carbons (Fsp3) is 0.133. The van der Waals surface area contributed by atoms with Crippen LogP contribution in [-0.4, -0.2) is 13.4 Å². The zero-order chi connectivity index (χ0) is 15.0. The molecule has 108 valence electrons. The summed E-state index contributed by atoms with van der Waals surface area (Å²) in [5, 5.41) is 0.384. The molecule has 0 aliphatic rings. The number of aryl methyl sites for hydroxylation is 2. The molecular formula is C15H14N2O2S2. The van der Waals surface area contributed by atoms with Crippen molar-refractivity contribution in [3.8, 4) is 0 Å². The van der Waals surface area contributed by atoms with Gasteiger partial charge in [-0.3, -0.25) is 4.72 Å². The fourth-order valence-electron chi connectivity index (χ4n) is 1.97. The van der Waals surface area contributed by atoms with Crippen LogP contribution < -0.4 is 4.72 Å². The Morgan fingerprint density at radius 3 is 2.52 bits per heavy atom. The van der Waals surface area contributed by atoms with E-state index in [0.29, 0.717) is 5.13 Å². The number of nitrogens with zero attached hydrogens (tertiary/aromatic N) is 1. The van der Waals surface area contributed by atoms with E-state index < -0.39 is 10.0 Å². The molecule has 3 aromatic rings. The highest BCUT2D eigenvalue weighted by Crippen LogP contribution is 2.27. The Bertz CT molecular complexity index is 881. The van der Waals surface area contributed by atoms with Crippen LogP contribution in [0.25, 0.3) is 10.2 Å². The predicted octanol–water partition coefficient (Wildman–Crippen LogP) is 3.71. The minimum absolute atomic E-state index is 0.254. The second kappa shape index (κ2) is 5.13. The molecule has 0 radical (unpaired) electrons.